The van der Waals surface area contributed by atoms with Crippen molar-refractivity contribution < 1.29 is 14.3 Å². The van der Waals surface area contributed by atoms with Crippen LogP contribution in [0.5, 0.6) is 0 Å². The van der Waals surface area contributed by atoms with Gasteiger partial charge < -0.3 is 10.0 Å². The molecule has 1 aliphatic heterocycles. The van der Waals surface area contributed by atoms with Crippen LogP contribution < -0.4 is 0 Å². The fourth-order valence-electron chi connectivity index (χ4n) is 0.903. The third-order valence-electron chi connectivity index (χ3n) is 1.49. The lowest BCUT2D eigenvalue weighted by Crippen LogP contribution is -2.24. The Morgan fingerprint density at radius 3 is 2.50 bits per heavy atom. The number of likely N-dealkylation sites (tertiary alicyclic amines) is 1. The fraction of sp³-hybridized carbons (Fsp3) is 0.800. The van der Waals surface area contributed by atoms with Gasteiger partial charge in [0.05, 0.1) is 13.1 Å². The van der Waals surface area contributed by atoms with E-state index in [1.165, 1.54) is 4.90 Å². The first kappa shape index (κ1) is 7.81. The molecule has 3 nitrogen and oxygen atoms in total. The number of thiol groups is 1. The molecule has 10 heavy (non-hydrogen) atoms. The third-order valence-corrected chi connectivity index (χ3v) is 1.77. The molecule has 1 saturated heterocycles. The van der Waals surface area contributed by atoms with E-state index in [4.69, 9.17) is 5.11 Å². The molecule has 0 spiro atoms. The molecule has 1 rings (SSSR count). The molecule has 0 aliphatic carbocycles. The Labute approximate surface area is 63.2 Å². The zero-order valence-electron chi connectivity index (χ0n) is 5.20. The van der Waals surface area contributed by atoms with Crippen molar-refractivity contribution in [1.82, 2.24) is 4.90 Å². The van der Waals surface area contributed by atoms with Crippen LogP contribution in [0.1, 0.15) is 0 Å². The van der Waals surface area contributed by atoms with E-state index in [-0.39, 0.29) is 13.1 Å². The maximum Gasteiger partial charge on any atom is 0.278 e. The SMILES string of the molecule is O=C(S)N1C[C@@H](O)[C@H](F)C1. The average molecular weight is 165 g/mol. The maximum atomic E-state index is 12.4. The number of carbonyl (C=O) groups is 1. The van der Waals surface area contributed by atoms with Gasteiger partial charge in [0.25, 0.3) is 5.24 Å². The highest BCUT2D eigenvalue weighted by Gasteiger charge is 2.32. The second kappa shape index (κ2) is 2.75. The van der Waals surface area contributed by atoms with Crippen LogP contribution in [-0.2, 0) is 0 Å². The molecule has 0 aromatic heterocycles. The van der Waals surface area contributed by atoms with E-state index in [2.05, 4.69) is 12.6 Å². The first-order valence-corrected chi connectivity index (χ1v) is 3.36. The lowest BCUT2D eigenvalue weighted by molar-refractivity contribution is 0.116. The van der Waals surface area contributed by atoms with Gasteiger partial charge in [-0.05, 0) is 0 Å². The van der Waals surface area contributed by atoms with E-state index >= 15 is 0 Å². The molecule has 5 heteroatoms. The van der Waals surface area contributed by atoms with Crippen LogP contribution >= 0.6 is 12.6 Å². The zero-order valence-corrected chi connectivity index (χ0v) is 6.09. The summed E-state index contributed by atoms with van der Waals surface area (Å²) in [5.74, 6) is 0. The molecule has 1 N–H and O–H groups in total. The quantitative estimate of drug-likeness (QED) is 0.498. The minimum atomic E-state index is -1.31. The van der Waals surface area contributed by atoms with E-state index in [1.807, 2.05) is 0 Å². The molecular formula is C5H8FNO2S. The van der Waals surface area contributed by atoms with Gasteiger partial charge in [0.1, 0.15) is 12.3 Å². The Kier molecular flexibility index (Phi) is 2.15. The predicted octanol–water partition coefficient (Wildman–Crippen LogP) is 0.0508. The molecule has 2 atom stereocenters. The lowest BCUT2D eigenvalue weighted by Gasteiger charge is -2.09. The summed E-state index contributed by atoms with van der Waals surface area (Å²) in [5.41, 5.74) is 0. The summed E-state index contributed by atoms with van der Waals surface area (Å²) >= 11 is 3.48. The van der Waals surface area contributed by atoms with Crippen LogP contribution in [0.25, 0.3) is 0 Å². The van der Waals surface area contributed by atoms with Crippen LogP contribution in [-0.4, -0.2) is 40.6 Å². The molecule has 1 heterocycles. The van der Waals surface area contributed by atoms with Crippen molar-refractivity contribution in [2.24, 2.45) is 0 Å². The largest absolute Gasteiger partial charge is 0.388 e. The number of aliphatic hydroxyl groups is 1. The molecule has 1 amide bonds. The van der Waals surface area contributed by atoms with Gasteiger partial charge in [-0.3, -0.25) is 4.79 Å². The van der Waals surface area contributed by atoms with Crippen molar-refractivity contribution in [3.05, 3.63) is 0 Å². The van der Waals surface area contributed by atoms with Crippen molar-refractivity contribution in [2.75, 3.05) is 13.1 Å². The molecule has 0 aromatic carbocycles. The fourth-order valence-corrected chi connectivity index (χ4v) is 1.07. The maximum absolute atomic E-state index is 12.4. The minimum Gasteiger partial charge on any atom is -0.388 e. The molecule has 0 saturated carbocycles. The average Bonchev–Trinajstić information content (AvgIpc) is 2.13. The number of carbonyl (C=O) groups excluding carboxylic acids is 1. The van der Waals surface area contributed by atoms with E-state index in [9.17, 15) is 9.18 Å². The van der Waals surface area contributed by atoms with Crippen molar-refractivity contribution in [1.29, 1.82) is 0 Å². The molecule has 0 aromatic rings. The summed E-state index contributed by atoms with van der Waals surface area (Å²) < 4.78 is 12.4. The molecule has 1 fully saturated rings. The number of rotatable bonds is 0. The predicted molar refractivity (Wildman–Crippen MR) is 36.9 cm³/mol. The summed E-state index contributed by atoms with van der Waals surface area (Å²) in [6, 6.07) is 0. The summed E-state index contributed by atoms with van der Waals surface area (Å²) in [7, 11) is 0. The number of hydrogen-bond acceptors (Lipinski definition) is 2. The number of alkyl halides is 1. The van der Waals surface area contributed by atoms with Gasteiger partial charge in [0.2, 0.25) is 0 Å². The molecule has 58 valence electrons. The summed E-state index contributed by atoms with van der Waals surface area (Å²) in [5, 5.41) is 8.33. The van der Waals surface area contributed by atoms with E-state index in [1.54, 1.807) is 0 Å². The second-order valence-corrected chi connectivity index (χ2v) is 2.65. The molecule has 0 unspecified atom stereocenters. The minimum absolute atomic E-state index is 0.0382. The van der Waals surface area contributed by atoms with Crippen molar-refractivity contribution in [3.63, 3.8) is 0 Å². The number of nitrogens with zero attached hydrogens (tertiary/aromatic N) is 1. The smallest absolute Gasteiger partial charge is 0.278 e. The first-order chi connectivity index (χ1) is 4.61. The highest BCUT2D eigenvalue weighted by atomic mass is 32.1. The third kappa shape index (κ3) is 1.41. The monoisotopic (exact) mass is 165 g/mol. The van der Waals surface area contributed by atoms with E-state index in [0.717, 1.165) is 0 Å². The highest BCUT2D eigenvalue weighted by molar-refractivity contribution is 7.96. The second-order valence-electron chi connectivity index (χ2n) is 2.27. The lowest BCUT2D eigenvalue weighted by atomic mass is 10.3. The molecule has 0 bridgehead atoms. The number of amides is 1. The van der Waals surface area contributed by atoms with Gasteiger partial charge in [-0.1, -0.05) is 12.6 Å². The standard InChI is InChI=1S/C5H8FNO2S/c6-3-1-7(5(9)10)2-4(3)8/h3-4,8H,1-2H2,(H,9,10)/t3-,4-/m1/s1. The zero-order chi connectivity index (χ0) is 7.72. The summed E-state index contributed by atoms with van der Waals surface area (Å²) in [4.78, 5) is 11.6. The number of β-amino-alcohol motifs (C(OH)–C–C–N with tert-alkyl or cyclic N) is 1. The topological polar surface area (TPSA) is 40.5 Å². The Morgan fingerprint density at radius 2 is 2.30 bits per heavy atom. The van der Waals surface area contributed by atoms with Gasteiger partial charge in [0.15, 0.2) is 0 Å². The Bertz CT molecular complexity index is 145. The summed E-state index contributed by atoms with van der Waals surface area (Å²) in [6.45, 7) is 0.0208. The van der Waals surface area contributed by atoms with Crippen molar-refractivity contribution in [3.8, 4) is 0 Å². The number of aliphatic hydroxyl groups excluding tert-OH is 1. The van der Waals surface area contributed by atoms with Gasteiger partial charge in [-0.2, -0.15) is 0 Å². The van der Waals surface area contributed by atoms with Gasteiger partial charge in [0, 0.05) is 0 Å². The van der Waals surface area contributed by atoms with Gasteiger partial charge in [-0.15, -0.1) is 0 Å². The van der Waals surface area contributed by atoms with Crippen LogP contribution in [0.15, 0.2) is 0 Å². The highest BCUT2D eigenvalue weighted by Crippen LogP contribution is 2.14. The Balaban J connectivity index is 2.49. The van der Waals surface area contributed by atoms with Crippen molar-refractivity contribution in [2.45, 2.75) is 12.3 Å². The van der Waals surface area contributed by atoms with Crippen LogP contribution in [0.4, 0.5) is 9.18 Å². The Morgan fingerprint density at radius 1 is 1.70 bits per heavy atom. The normalized spacial score (nSPS) is 32.9. The van der Waals surface area contributed by atoms with Gasteiger partial charge >= 0.3 is 0 Å². The van der Waals surface area contributed by atoms with Crippen LogP contribution in [0.3, 0.4) is 0 Å². The molecule has 1 aliphatic rings. The van der Waals surface area contributed by atoms with Crippen molar-refractivity contribution >= 4 is 17.9 Å². The number of halogens is 1. The van der Waals surface area contributed by atoms with E-state index in [0.29, 0.717) is 0 Å². The van der Waals surface area contributed by atoms with Gasteiger partial charge in [-0.25, -0.2) is 4.39 Å². The molecule has 0 radical (unpaired) electrons. The van der Waals surface area contributed by atoms with E-state index < -0.39 is 17.5 Å². The van der Waals surface area contributed by atoms with Crippen LogP contribution in [0.2, 0.25) is 0 Å². The number of hydrogen-bond donors (Lipinski definition) is 2. The summed E-state index contributed by atoms with van der Waals surface area (Å²) in [6.07, 6.45) is -2.34. The Hall–Kier alpha value is -0.290. The first-order valence-electron chi connectivity index (χ1n) is 2.91. The van der Waals surface area contributed by atoms with Crippen LogP contribution in [0, 0.1) is 0 Å². The molecular weight excluding hydrogens is 157 g/mol.